The zero-order valence-corrected chi connectivity index (χ0v) is 17.1. The van der Waals surface area contributed by atoms with Gasteiger partial charge in [0.15, 0.2) is 0 Å². The van der Waals surface area contributed by atoms with Crippen molar-refractivity contribution in [3.05, 3.63) is 17.6 Å². The maximum absolute atomic E-state index is 5.77. The molecule has 0 N–H and O–H groups in total. The summed E-state index contributed by atoms with van der Waals surface area (Å²) in [7, 11) is 0. The Balaban J connectivity index is 1.50. The molecule has 1 aromatic rings. The van der Waals surface area contributed by atoms with E-state index in [-0.39, 0.29) is 0 Å². The Morgan fingerprint density at radius 3 is 2.62 bits per heavy atom. The van der Waals surface area contributed by atoms with E-state index in [1.165, 1.54) is 32.4 Å². The summed E-state index contributed by atoms with van der Waals surface area (Å²) >= 11 is 0. The minimum absolute atomic E-state index is 0.377. The number of piperidine rings is 1. The summed E-state index contributed by atoms with van der Waals surface area (Å²) in [4.78, 5) is 14.6. The maximum Gasteiger partial charge on any atom is 0.133 e. The Labute approximate surface area is 159 Å². The quantitative estimate of drug-likeness (QED) is 0.695. The fourth-order valence-electron chi connectivity index (χ4n) is 4.18. The van der Waals surface area contributed by atoms with Crippen LogP contribution in [0.2, 0.25) is 0 Å². The first-order valence-electron chi connectivity index (χ1n) is 10.5. The van der Waals surface area contributed by atoms with Crippen molar-refractivity contribution in [2.75, 3.05) is 44.3 Å². The topological polar surface area (TPSA) is 41.5 Å². The third-order valence-electron chi connectivity index (χ3n) is 5.70. The minimum atomic E-state index is 0.377. The van der Waals surface area contributed by atoms with E-state index >= 15 is 0 Å². The molecule has 0 amide bonds. The molecule has 0 radical (unpaired) electrons. The smallest absolute Gasteiger partial charge is 0.133 e. The van der Waals surface area contributed by atoms with Gasteiger partial charge in [-0.2, -0.15) is 0 Å². The van der Waals surface area contributed by atoms with Crippen LogP contribution < -0.4 is 4.90 Å². The number of ether oxygens (including phenoxy) is 1. The van der Waals surface area contributed by atoms with E-state index in [0.717, 1.165) is 62.0 Å². The Morgan fingerprint density at radius 1 is 1.15 bits per heavy atom. The van der Waals surface area contributed by atoms with Gasteiger partial charge in [0.25, 0.3) is 0 Å². The predicted octanol–water partition coefficient (Wildman–Crippen LogP) is 3.63. The molecule has 1 aromatic heterocycles. The average molecular weight is 361 g/mol. The first-order chi connectivity index (χ1) is 12.6. The van der Waals surface area contributed by atoms with E-state index < -0.39 is 0 Å². The zero-order chi connectivity index (χ0) is 18.5. The molecule has 0 aliphatic carbocycles. The lowest BCUT2D eigenvalue weighted by molar-refractivity contribution is 0.0974. The van der Waals surface area contributed by atoms with Crippen LogP contribution in [0.5, 0.6) is 0 Å². The van der Waals surface area contributed by atoms with Gasteiger partial charge in [0.2, 0.25) is 0 Å². The molecule has 2 saturated heterocycles. The van der Waals surface area contributed by atoms with Crippen LogP contribution in [0.3, 0.4) is 0 Å². The number of rotatable bonds is 7. The normalized spacial score (nSPS) is 22.5. The highest BCUT2D eigenvalue weighted by Crippen LogP contribution is 2.27. The Bertz CT molecular complexity index is 569. The lowest BCUT2D eigenvalue weighted by Crippen LogP contribution is -2.44. The molecule has 3 rings (SSSR count). The molecule has 1 atom stereocenters. The molecule has 2 aliphatic heterocycles. The summed E-state index contributed by atoms with van der Waals surface area (Å²) in [5.74, 6) is 3.20. The molecule has 0 bridgehead atoms. The van der Waals surface area contributed by atoms with Crippen molar-refractivity contribution in [3.8, 4) is 0 Å². The summed E-state index contributed by atoms with van der Waals surface area (Å²) in [6.45, 7) is 15.1. The monoisotopic (exact) mass is 360 g/mol. The number of hydrogen-bond acceptors (Lipinski definition) is 5. The van der Waals surface area contributed by atoms with Crippen LogP contribution in [0.1, 0.15) is 63.9 Å². The molecule has 2 aliphatic rings. The summed E-state index contributed by atoms with van der Waals surface area (Å²) < 4.78 is 5.77. The van der Waals surface area contributed by atoms with Crippen LogP contribution in [-0.4, -0.2) is 60.3 Å². The molecule has 0 spiro atoms. The van der Waals surface area contributed by atoms with Crippen LogP contribution in [0.4, 0.5) is 5.82 Å². The highest BCUT2D eigenvalue weighted by molar-refractivity contribution is 5.40. The lowest BCUT2D eigenvalue weighted by Gasteiger charge is -2.37. The van der Waals surface area contributed by atoms with Crippen LogP contribution >= 0.6 is 0 Å². The molecule has 0 unspecified atom stereocenters. The first kappa shape index (κ1) is 19.6. The molecule has 5 nitrogen and oxygen atoms in total. The van der Waals surface area contributed by atoms with E-state index in [9.17, 15) is 0 Å². The largest absolute Gasteiger partial charge is 0.381 e. The minimum Gasteiger partial charge on any atom is -0.381 e. The molecule has 0 aromatic carbocycles. The number of aromatic nitrogens is 2. The maximum atomic E-state index is 5.77. The van der Waals surface area contributed by atoms with Gasteiger partial charge < -0.3 is 9.64 Å². The highest BCUT2D eigenvalue weighted by Gasteiger charge is 2.31. The summed E-state index contributed by atoms with van der Waals surface area (Å²) in [5, 5.41) is 0. The van der Waals surface area contributed by atoms with Gasteiger partial charge in [-0.3, -0.25) is 4.90 Å². The third kappa shape index (κ3) is 4.95. The number of likely N-dealkylation sites (tertiary alicyclic amines) is 1. The van der Waals surface area contributed by atoms with Crippen LogP contribution in [0, 0.1) is 12.8 Å². The molecule has 3 heterocycles. The number of aryl methyl sites for hydroxylation is 1. The van der Waals surface area contributed by atoms with Crippen molar-refractivity contribution >= 4 is 5.82 Å². The Morgan fingerprint density at radius 2 is 1.92 bits per heavy atom. The van der Waals surface area contributed by atoms with Crippen molar-refractivity contribution in [2.45, 2.75) is 65.3 Å². The fourth-order valence-corrected chi connectivity index (χ4v) is 4.18. The van der Waals surface area contributed by atoms with E-state index in [2.05, 4.69) is 48.5 Å². The second-order valence-corrected chi connectivity index (χ2v) is 8.32. The number of anilines is 1. The fraction of sp³-hybridized carbons (Fsp3) is 0.810. The first-order valence-corrected chi connectivity index (χ1v) is 10.5. The Kier molecular flexibility index (Phi) is 6.87. The highest BCUT2D eigenvalue weighted by atomic mass is 16.5. The predicted molar refractivity (Wildman–Crippen MR) is 107 cm³/mol. The van der Waals surface area contributed by atoms with Crippen LogP contribution in [0.25, 0.3) is 0 Å². The summed E-state index contributed by atoms with van der Waals surface area (Å²) in [6.07, 6.45) is 4.90. The molecule has 0 saturated carbocycles. The average Bonchev–Trinajstić information content (AvgIpc) is 3.10. The van der Waals surface area contributed by atoms with Gasteiger partial charge in [0.05, 0.1) is 6.61 Å². The van der Waals surface area contributed by atoms with Crippen molar-refractivity contribution in [1.82, 2.24) is 14.9 Å². The van der Waals surface area contributed by atoms with Crippen molar-refractivity contribution in [2.24, 2.45) is 5.92 Å². The number of hydrogen-bond donors (Lipinski definition) is 0. The summed E-state index contributed by atoms with van der Waals surface area (Å²) in [6, 6.07) is 2.87. The second-order valence-electron chi connectivity index (χ2n) is 8.32. The van der Waals surface area contributed by atoms with E-state index in [4.69, 9.17) is 9.72 Å². The van der Waals surface area contributed by atoms with Gasteiger partial charge >= 0.3 is 0 Å². The van der Waals surface area contributed by atoms with Crippen LogP contribution in [-0.2, 0) is 4.74 Å². The van der Waals surface area contributed by atoms with Gasteiger partial charge in [-0.25, -0.2) is 9.97 Å². The van der Waals surface area contributed by atoms with E-state index in [1.807, 2.05) is 0 Å². The van der Waals surface area contributed by atoms with Gasteiger partial charge in [-0.15, -0.1) is 0 Å². The summed E-state index contributed by atoms with van der Waals surface area (Å²) in [5.41, 5.74) is 1.08. The van der Waals surface area contributed by atoms with Gasteiger partial charge in [-0.05, 0) is 45.1 Å². The zero-order valence-electron chi connectivity index (χ0n) is 17.1. The van der Waals surface area contributed by atoms with Crippen molar-refractivity contribution in [1.29, 1.82) is 0 Å². The van der Waals surface area contributed by atoms with Crippen LogP contribution in [0.15, 0.2) is 6.07 Å². The lowest BCUT2D eigenvalue weighted by atomic mass is 10.0. The molecule has 5 heteroatoms. The van der Waals surface area contributed by atoms with Gasteiger partial charge in [-0.1, -0.05) is 20.8 Å². The van der Waals surface area contributed by atoms with Gasteiger partial charge in [0.1, 0.15) is 11.6 Å². The van der Waals surface area contributed by atoms with E-state index in [0.29, 0.717) is 5.92 Å². The van der Waals surface area contributed by atoms with E-state index in [1.54, 1.807) is 0 Å². The molecular weight excluding hydrogens is 324 g/mol. The molecule has 26 heavy (non-hydrogen) atoms. The standard InChI is InChI=1S/C21H36N4O/c1-5-12-26-15-18-6-9-25(14-18)19-7-10-24(11-8-19)20-13-17(4)22-21(23-20)16(2)3/h13,16,18-19H,5-12,14-15H2,1-4H3/t18-/m0/s1. The Hall–Kier alpha value is -1.20. The van der Waals surface area contributed by atoms with Crippen molar-refractivity contribution < 1.29 is 4.74 Å². The third-order valence-corrected chi connectivity index (χ3v) is 5.70. The molecule has 146 valence electrons. The number of nitrogens with zero attached hydrogens (tertiary/aromatic N) is 4. The molecule has 2 fully saturated rings. The van der Waals surface area contributed by atoms with Crippen molar-refractivity contribution in [3.63, 3.8) is 0 Å². The molecular formula is C21H36N4O. The second kappa shape index (κ2) is 9.14. The van der Waals surface area contributed by atoms with Gasteiger partial charge in [0, 0.05) is 50.0 Å². The SMILES string of the molecule is CCCOC[C@H]1CCN(C2CCN(c3cc(C)nc(C(C)C)n3)CC2)C1.